The average molecular weight is 470 g/mol. The van der Waals surface area contributed by atoms with Crippen LogP contribution in [0.3, 0.4) is 0 Å². The Bertz CT molecular complexity index is 1020. The van der Waals surface area contributed by atoms with E-state index in [1.54, 1.807) is 13.1 Å². The third-order valence-electron chi connectivity index (χ3n) is 6.36. The van der Waals surface area contributed by atoms with Gasteiger partial charge in [0.25, 0.3) is 0 Å². The summed E-state index contributed by atoms with van der Waals surface area (Å²) in [7, 11) is 0.154. The van der Waals surface area contributed by atoms with Crippen LogP contribution in [0.1, 0.15) is 33.3 Å². The van der Waals surface area contributed by atoms with Crippen LogP contribution < -0.4 is 11.3 Å². The molecule has 0 atom stereocenters. The number of fused-ring (bicyclic) bond motifs is 1. The molecule has 1 aliphatic rings. The Hall–Kier alpha value is -1.91. The van der Waals surface area contributed by atoms with E-state index in [9.17, 15) is 0 Å². The molecule has 1 fully saturated rings. The van der Waals surface area contributed by atoms with Crippen molar-refractivity contribution in [2.75, 3.05) is 13.7 Å². The van der Waals surface area contributed by atoms with E-state index in [-0.39, 0.29) is 0 Å². The zero-order valence-electron chi connectivity index (χ0n) is 21.4. The van der Waals surface area contributed by atoms with Crippen molar-refractivity contribution in [3.8, 4) is 0 Å². The van der Waals surface area contributed by atoms with E-state index in [0.29, 0.717) is 6.73 Å². The second-order valence-electron chi connectivity index (χ2n) is 11.0. The normalized spacial score (nSPS) is 18.2. The first kappa shape index (κ1) is 25.7. The number of pyridine rings is 1. The molecule has 33 heavy (non-hydrogen) atoms. The van der Waals surface area contributed by atoms with Crippen molar-refractivity contribution in [1.29, 1.82) is 0 Å². The van der Waals surface area contributed by atoms with E-state index in [2.05, 4.69) is 38.5 Å². The van der Waals surface area contributed by atoms with Gasteiger partial charge in [0.1, 0.15) is 12.4 Å². The molecule has 9 heteroatoms. The van der Waals surface area contributed by atoms with Gasteiger partial charge in [0.2, 0.25) is 0 Å². The summed E-state index contributed by atoms with van der Waals surface area (Å²) < 4.78 is 20.6. The summed E-state index contributed by atoms with van der Waals surface area (Å²) in [6.45, 7) is 20.4. The summed E-state index contributed by atoms with van der Waals surface area (Å²) in [6, 6.07) is 3.21. The molecule has 0 spiro atoms. The van der Waals surface area contributed by atoms with Gasteiger partial charge in [-0.25, -0.2) is 10.8 Å². The van der Waals surface area contributed by atoms with E-state index in [1.807, 2.05) is 44.7 Å². The molecular formula is C24H39BN4O3Si. The number of hydrogen-bond donors (Lipinski definition) is 1. The highest BCUT2D eigenvalue weighted by Crippen LogP contribution is 2.37. The quantitative estimate of drug-likeness (QED) is 0.197. The number of allylic oxidation sites excluding steroid dienone is 2. The summed E-state index contributed by atoms with van der Waals surface area (Å²) in [5, 5.41) is 2.50. The van der Waals surface area contributed by atoms with Gasteiger partial charge in [0, 0.05) is 62.3 Å². The lowest BCUT2D eigenvalue weighted by atomic mass is 9.79. The molecule has 0 amide bonds. The van der Waals surface area contributed by atoms with Crippen LogP contribution in [-0.4, -0.2) is 54.6 Å². The minimum absolute atomic E-state index is 0.417. The van der Waals surface area contributed by atoms with Crippen molar-refractivity contribution in [2.24, 2.45) is 5.84 Å². The van der Waals surface area contributed by atoms with E-state index in [4.69, 9.17) is 24.9 Å². The van der Waals surface area contributed by atoms with Gasteiger partial charge in [-0.1, -0.05) is 32.3 Å². The van der Waals surface area contributed by atoms with Crippen LogP contribution in [0.5, 0.6) is 0 Å². The molecular weight excluding hydrogens is 431 g/mol. The van der Waals surface area contributed by atoms with Gasteiger partial charge in [-0.3, -0.25) is 0 Å². The maximum atomic E-state index is 6.26. The Labute approximate surface area is 199 Å². The topological polar surface area (TPSA) is 74.8 Å². The van der Waals surface area contributed by atoms with Gasteiger partial charge in [-0.2, -0.15) is 0 Å². The molecule has 7 nitrogen and oxygen atoms in total. The maximum Gasteiger partial charge on any atom is 0.496 e. The van der Waals surface area contributed by atoms with Gasteiger partial charge in [0.05, 0.1) is 11.2 Å². The Morgan fingerprint density at radius 1 is 1.27 bits per heavy atom. The number of ether oxygens (including phenoxy) is 1. The molecule has 3 rings (SSSR count). The Morgan fingerprint density at radius 2 is 1.91 bits per heavy atom. The maximum absolute atomic E-state index is 6.26. The number of rotatable bonds is 9. The summed E-state index contributed by atoms with van der Waals surface area (Å²) in [6.07, 6.45) is 7.53. The zero-order valence-corrected chi connectivity index (χ0v) is 22.4. The predicted octanol–water partition coefficient (Wildman–Crippen LogP) is 3.98. The first-order chi connectivity index (χ1) is 15.2. The second-order valence-corrected chi connectivity index (χ2v) is 16.7. The lowest BCUT2D eigenvalue weighted by Gasteiger charge is -2.32. The van der Waals surface area contributed by atoms with Crippen LogP contribution in [0.15, 0.2) is 37.3 Å². The number of hydrazine groups is 1. The standard InChI is InChI=1S/C24H39BN4O3Si/c1-10-18(15-28(6)26)21-16-29(17-30-11-12-33(7,8)9)22-20(21)13-19(14-27-22)25-31-23(2,3)24(4,5)32-25/h10,13-16H,1,11-12,17,26H2,2-9H3/b18-15+. The van der Waals surface area contributed by atoms with Crippen molar-refractivity contribution in [1.82, 2.24) is 14.6 Å². The molecule has 1 aliphatic heterocycles. The predicted molar refractivity (Wildman–Crippen MR) is 140 cm³/mol. The fraction of sp³-hybridized carbons (Fsp3) is 0.542. The molecule has 0 radical (unpaired) electrons. The van der Waals surface area contributed by atoms with E-state index >= 15 is 0 Å². The Balaban J connectivity index is 1.99. The van der Waals surface area contributed by atoms with Crippen LogP contribution in [0, 0.1) is 0 Å². The van der Waals surface area contributed by atoms with Crippen molar-refractivity contribution >= 4 is 37.3 Å². The number of aromatic nitrogens is 2. The van der Waals surface area contributed by atoms with Gasteiger partial charge in [0.15, 0.2) is 0 Å². The molecule has 180 valence electrons. The molecule has 0 saturated carbocycles. The summed E-state index contributed by atoms with van der Waals surface area (Å²) in [5.74, 6) is 5.91. The molecule has 0 unspecified atom stereocenters. The van der Waals surface area contributed by atoms with Crippen LogP contribution in [-0.2, 0) is 20.8 Å². The van der Waals surface area contributed by atoms with Crippen LogP contribution in [0.4, 0.5) is 0 Å². The SMILES string of the molecule is C=C/C(=C\N(C)N)c1cn(COCC[Si](C)(C)C)c2ncc(B3OC(C)(C)C(C)(C)O3)cc12. The minimum atomic E-state index is -1.15. The smallest absolute Gasteiger partial charge is 0.399 e. The highest BCUT2D eigenvalue weighted by atomic mass is 28.3. The van der Waals surface area contributed by atoms with Crippen molar-refractivity contribution in [2.45, 2.75) is 71.3 Å². The molecule has 0 aromatic carbocycles. The first-order valence-corrected chi connectivity index (χ1v) is 15.2. The largest absolute Gasteiger partial charge is 0.496 e. The van der Waals surface area contributed by atoms with Gasteiger partial charge >= 0.3 is 7.12 Å². The van der Waals surface area contributed by atoms with Crippen LogP contribution in [0.25, 0.3) is 16.6 Å². The van der Waals surface area contributed by atoms with E-state index in [1.165, 1.54) is 5.01 Å². The summed E-state index contributed by atoms with van der Waals surface area (Å²) in [4.78, 5) is 4.79. The average Bonchev–Trinajstić information content (AvgIpc) is 3.15. The number of hydrogen-bond acceptors (Lipinski definition) is 6. The summed E-state index contributed by atoms with van der Waals surface area (Å²) >= 11 is 0. The van der Waals surface area contributed by atoms with Crippen LogP contribution >= 0.6 is 0 Å². The molecule has 3 heterocycles. The molecule has 0 bridgehead atoms. The number of nitrogens with zero attached hydrogens (tertiary/aromatic N) is 3. The molecule has 2 aromatic heterocycles. The molecule has 2 N–H and O–H groups in total. The third kappa shape index (κ3) is 5.78. The molecule has 0 aliphatic carbocycles. The van der Waals surface area contributed by atoms with Crippen molar-refractivity contribution in [3.05, 3.63) is 42.9 Å². The van der Waals surface area contributed by atoms with E-state index in [0.717, 1.165) is 40.3 Å². The van der Waals surface area contributed by atoms with Crippen LogP contribution in [0.2, 0.25) is 25.7 Å². The Morgan fingerprint density at radius 3 is 2.45 bits per heavy atom. The minimum Gasteiger partial charge on any atom is -0.399 e. The van der Waals surface area contributed by atoms with Gasteiger partial charge < -0.3 is 23.6 Å². The second kappa shape index (κ2) is 9.39. The summed E-state index contributed by atoms with van der Waals surface area (Å²) in [5.41, 5.74) is 2.77. The fourth-order valence-corrected chi connectivity index (χ4v) is 4.37. The highest BCUT2D eigenvalue weighted by molar-refractivity contribution is 6.76. The zero-order chi connectivity index (χ0) is 24.6. The fourth-order valence-electron chi connectivity index (χ4n) is 3.62. The van der Waals surface area contributed by atoms with E-state index < -0.39 is 26.4 Å². The van der Waals surface area contributed by atoms with Crippen molar-refractivity contribution in [3.63, 3.8) is 0 Å². The first-order valence-electron chi connectivity index (χ1n) is 11.5. The van der Waals surface area contributed by atoms with Crippen molar-refractivity contribution < 1.29 is 14.0 Å². The Kier molecular flexibility index (Phi) is 7.31. The van der Waals surface area contributed by atoms with Gasteiger partial charge in [-0.15, -0.1) is 0 Å². The lowest BCUT2D eigenvalue weighted by Crippen LogP contribution is -2.41. The van der Waals surface area contributed by atoms with Gasteiger partial charge in [-0.05, 0) is 39.8 Å². The number of nitrogens with two attached hydrogens (primary N) is 1. The monoisotopic (exact) mass is 470 g/mol. The molecule has 1 saturated heterocycles. The third-order valence-corrected chi connectivity index (χ3v) is 8.06. The lowest BCUT2D eigenvalue weighted by molar-refractivity contribution is 0.00578. The molecule has 2 aromatic rings. The highest BCUT2D eigenvalue weighted by Gasteiger charge is 2.51.